The maximum atomic E-state index is 12.8. The predicted octanol–water partition coefficient (Wildman–Crippen LogP) is 6.42. The van der Waals surface area contributed by atoms with Crippen molar-refractivity contribution < 1.29 is 4.42 Å². The molecule has 0 aliphatic heterocycles. The van der Waals surface area contributed by atoms with Crippen LogP contribution in [0.1, 0.15) is 0 Å². The predicted molar refractivity (Wildman–Crippen MR) is 115 cm³/mol. The van der Waals surface area contributed by atoms with Crippen LogP contribution in [0.4, 0.5) is 17.1 Å². The highest BCUT2D eigenvalue weighted by atomic mass is 16.3. The molecule has 5 rings (SSSR count). The van der Waals surface area contributed by atoms with Crippen molar-refractivity contribution in [2.24, 2.45) is 0 Å². The van der Waals surface area contributed by atoms with E-state index in [1.807, 2.05) is 72.8 Å². The molecule has 0 fully saturated rings. The Kier molecular flexibility index (Phi) is 3.91. The van der Waals surface area contributed by atoms with E-state index in [0.717, 1.165) is 17.1 Å². The van der Waals surface area contributed by atoms with Crippen LogP contribution in [0.15, 0.2) is 112 Å². The summed E-state index contributed by atoms with van der Waals surface area (Å²) in [6.45, 7) is 0. The second-order valence-electron chi connectivity index (χ2n) is 6.61. The minimum Gasteiger partial charge on any atom is -0.456 e. The molecule has 0 spiro atoms. The molecule has 0 aliphatic rings. The molecule has 0 unspecified atom stereocenters. The van der Waals surface area contributed by atoms with E-state index in [2.05, 4.69) is 29.2 Å². The van der Waals surface area contributed by atoms with Crippen molar-refractivity contribution in [1.82, 2.24) is 0 Å². The molecule has 0 atom stereocenters. The van der Waals surface area contributed by atoms with Crippen molar-refractivity contribution >= 4 is 39.0 Å². The second kappa shape index (κ2) is 6.71. The lowest BCUT2D eigenvalue weighted by Crippen LogP contribution is -2.10. The molecule has 134 valence electrons. The summed E-state index contributed by atoms with van der Waals surface area (Å²) in [6.07, 6.45) is 0. The molecular weight excluding hydrogens is 346 g/mol. The number of fused-ring (bicyclic) bond motifs is 2. The van der Waals surface area contributed by atoms with Crippen LogP contribution in [-0.2, 0) is 0 Å². The van der Waals surface area contributed by atoms with Crippen LogP contribution >= 0.6 is 0 Å². The van der Waals surface area contributed by atoms with Gasteiger partial charge in [0, 0.05) is 23.1 Å². The van der Waals surface area contributed by atoms with E-state index in [9.17, 15) is 4.79 Å². The molecule has 28 heavy (non-hydrogen) atoms. The zero-order chi connectivity index (χ0) is 18.9. The number of rotatable bonds is 3. The standard InChI is InChI=1S/C25H17NO2/c27-25-21-13-7-8-14-23(21)28-24-17-20(15-16-22(24)25)26(18-9-3-1-4-10-18)19-11-5-2-6-12-19/h1-17H. The molecule has 4 aromatic carbocycles. The smallest absolute Gasteiger partial charge is 0.200 e. The number of anilines is 3. The molecule has 5 aromatic rings. The van der Waals surface area contributed by atoms with Gasteiger partial charge in [-0.15, -0.1) is 0 Å². The first-order chi connectivity index (χ1) is 13.8. The maximum absolute atomic E-state index is 12.8. The molecule has 1 aromatic heterocycles. The molecule has 3 nitrogen and oxygen atoms in total. The lowest BCUT2D eigenvalue weighted by molar-refractivity contribution is 0.660. The van der Waals surface area contributed by atoms with E-state index in [1.54, 1.807) is 6.07 Å². The SMILES string of the molecule is O=c1c2ccccc2oc2cc(N(c3ccccc3)c3ccccc3)ccc12. The zero-order valence-electron chi connectivity index (χ0n) is 15.1. The van der Waals surface area contributed by atoms with Gasteiger partial charge >= 0.3 is 0 Å². The summed E-state index contributed by atoms with van der Waals surface area (Å²) in [5.74, 6) is 0. The van der Waals surface area contributed by atoms with Gasteiger partial charge in [0.1, 0.15) is 11.2 Å². The quantitative estimate of drug-likeness (QED) is 0.347. The highest BCUT2D eigenvalue weighted by molar-refractivity contribution is 5.92. The first-order valence-corrected chi connectivity index (χ1v) is 9.17. The van der Waals surface area contributed by atoms with Gasteiger partial charge < -0.3 is 9.32 Å². The van der Waals surface area contributed by atoms with Crippen molar-refractivity contribution in [1.29, 1.82) is 0 Å². The van der Waals surface area contributed by atoms with Crippen molar-refractivity contribution in [3.63, 3.8) is 0 Å². The molecule has 0 saturated heterocycles. The monoisotopic (exact) mass is 363 g/mol. The fourth-order valence-electron chi connectivity index (χ4n) is 3.53. The van der Waals surface area contributed by atoms with Gasteiger partial charge in [0.05, 0.1) is 10.8 Å². The molecular formula is C25H17NO2. The number of benzene rings is 4. The summed E-state index contributed by atoms with van der Waals surface area (Å²) >= 11 is 0. The normalized spacial score (nSPS) is 11.0. The third-order valence-corrected chi connectivity index (χ3v) is 4.85. The zero-order valence-corrected chi connectivity index (χ0v) is 15.1. The first-order valence-electron chi connectivity index (χ1n) is 9.17. The summed E-state index contributed by atoms with van der Waals surface area (Å²) in [4.78, 5) is 15.0. The number of hydrogen-bond donors (Lipinski definition) is 0. The molecule has 0 aliphatic carbocycles. The fourth-order valence-corrected chi connectivity index (χ4v) is 3.53. The van der Waals surface area contributed by atoms with E-state index in [4.69, 9.17) is 4.42 Å². The van der Waals surface area contributed by atoms with Crippen molar-refractivity contribution in [3.8, 4) is 0 Å². The van der Waals surface area contributed by atoms with Gasteiger partial charge in [-0.3, -0.25) is 4.79 Å². The summed E-state index contributed by atoms with van der Waals surface area (Å²) in [6, 6.07) is 33.4. The van der Waals surface area contributed by atoms with Crippen molar-refractivity contribution in [2.75, 3.05) is 4.90 Å². The first kappa shape index (κ1) is 16.3. The topological polar surface area (TPSA) is 33.5 Å². The Morgan fingerprint density at radius 2 is 1.11 bits per heavy atom. The van der Waals surface area contributed by atoms with Crippen LogP contribution in [-0.4, -0.2) is 0 Å². The molecule has 0 bridgehead atoms. The van der Waals surface area contributed by atoms with Crippen LogP contribution in [0, 0.1) is 0 Å². The molecule has 0 saturated carbocycles. The lowest BCUT2D eigenvalue weighted by atomic mass is 10.1. The molecule has 1 heterocycles. The van der Waals surface area contributed by atoms with Gasteiger partial charge in [-0.25, -0.2) is 0 Å². The van der Waals surface area contributed by atoms with Gasteiger partial charge in [0.25, 0.3) is 0 Å². The van der Waals surface area contributed by atoms with E-state index in [-0.39, 0.29) is 5.43 Å². The minimum atomic E-state index is -0.00521. The van der Waals surface area contributed by atoms with Crippen LogP contribution in [0.25, 0.3) is 21.9 Å². The second-order valence-corrected chi connectivity index (χ2v) is 6.61. The molecule has 0 N–H and O–H groups in total. The number of hydrogen-bond acceptors (Lipinski definition) is 3. The van der Waals surface area contributed by atoms with Crippen LogP contribution in [0.5, 0.6) is 0 Å². The minimum absolute atomic E-state index is 0.00521. The van der Waals surface area contributed by atoms with Crippen molar-refractivity contribution in [2.45, 2.75) is 0 Å². The molecule has 0 radical (unpaired) electrons. The fraction of sp³-hybridized carbons (Fsp3) is 0. The van der Waals surface area contributed by atoms with Crippen LogP contribution < -0.4 is 10.3 Å². The van der Waals surface area contributed by atoms with E-state index in [0.29, 0.717) is 21.9 Å². The largest absolute Gasteiger partial charge is 0.456 e. The van der Waals surface area contributed by atoms with Gasteiger partial charge in [0.2, 0.25) is 5.43 Å². The molecule has 3 heteroatoms. The number of para-hydroxylation sites is 3. The summed E-state index contributed by atoms with van der Waals surface area (Å²) in [5.41, 5.74) is 4.19. The highest BCUT2D eigenvalue weighted by Crippen LogP contribution is 2.35. The Morgan fingerprint density at radius 1 is 0.536 bits per heavy atom. The van der Waals surface area contributed by atoms with Crippen molar-refractivity contribution in [3.05, 3.63) is 113 Å². The van der Waals surface area contributed by atoms with Gasteiger partial charge in [0.15, 0.2) is 0 Å². The van der Waals surface area contributed by atoms with Gasteiger partial charge in [-0.2, -0.15) is 0 Å². The Balaban J connectivity index is 1.75. The Morgan fingerprint density at radius 3 is 1.79 bits per heavy atom. The van der Waals surface area contributed by atoms with E-state index >= 15 is 0 Å². The average molecular weight is 363 g/mol. The summed E-state index contributed by atoms with van der Waals surface area (Å²) in [7, 11) is 0. The lowest BCUT2D eigenvalue weighted by Gasteiger charge is -2.25. The van der Waals surface area contributed by atoms with Gasteiger partial charge in [-0.1, -0.05) is 48.5 Å². The highest BCUT2D eigenvalue weighted by Gasteiger charge is 2.14. The van der Waals surface area contributed by atoms with Crippen LogP contribution in [0.3, 0.4) is 0 Å². The average Bonchev–Trinajstić information content (AvgIpc) is 2.76. The Labute approximate surface area is 162 Å². The molecule has 0 amide bonds. The van der Waals surface area contributed by atoms with Crippen LogP contribution in [0.2, 0.25) is 0 Å². The Bertz CT molecular complexity index is 1290. The maximum Gasteiger partial charge on any atom is 0.200 e. The van der Waals surface area contributed by atoms with Gasteiger partial charge in [-0.05, 0) is 48.5 Å². The Hall–Kier alpha value is -3.85. The van der Waals surface area contributed by atoms with E-state index < -0.39 is 0 Å². The third-order valence-electron chi connectivity index (χ3n) is 4.85. The summed E-state index contributed by atoms with van der Waals surface area (Å²) in [5, 5.41) is 1.19. The number of nitrogens with zero attached hydrogens (tertiary/aromatic N) is 1. The summed E-state index contributed by atoms with van der Waals surface area (Å²) < 4.78 is 6.06. The third kappa shape index (κ3) is 2.74. The van der Waals surface area contributed by atoms with E-state index in [1.165, 1.54) is 0 Å².